The first-order valence-electron chi connectivity index (χ1n) is 18.1. The van der Waals surface area contributed by atoms with Crippen LogP contribution in [-0.4, -0.2) is 0 Å². The van der Waals surface area contributed by atoms with Crippen LogP contribution in [0.25, 0.3) is 43.4 Å². The van der Waals surface area contributed by atoms with E-state index in [4.69, 9.17) is 20.5 Å². The van der Waals surface area contributed by atoms with Crippen LogP contribution in [0.1, 0.15) is 25.8 Å². The number of nitrogens with zero attached hydrogens (tertiary/aromatic N) is 6. The van der Waals surface area contributed by atoms with Crippen LogP contribution < -0.4 is 0 Å². The minimum Gasteiger partial charge on any atom is -0.151 e. The van der Waals surface area contributed by atoms with Gasteiger partial charge in [-0.05, 0) is 76.9 Å². The van der Waals surface area contributed by atoms with Gasteiger partial charge in [-0.15, -0.1) is 25.6 Å². The van der Waals surface area contributed by atoms with E-state index in [1.807, 2.05) is 91.0 Å². The number of hydrogen-bond acceptors (Lipinski definition) is 6. The summed E-state index contributed by atoms with van der Waals surface area (Å²) in [7, 11) is 0. The Morgan fingerprint density at radius 3 is 1.17 bits per heavy atom. The zero-order valence-electron chi connectivity index (χ0n) is 29.8. The first-order valence-corrected chi connectivity index (χ1v) is 18.1. The molecule has 0 N–H and O–H groups in total. The summed E-state index contributed by atoms with van der Waals surface area (Å²) in [5.41, 5.74) is 8.37. The molecule has 1 atom stereocenters. The van der Waals surface area contributed by atoms with Gasteiger partial charge < -0.3 is 0 Å². The summed E-state index contributed by atoms with van der Waals surface area (Å²) in [5, 5.41) is 34.4. The Kier molecular flexibility index (Phi) is 9.66. The van der Waals surface area contributed by atoms with Crippen LogP contribution in [0.15, 0.2) is 194 Å². The quantitative estimate of drug-likeness (QED) is 0.128. The molecule has 0 saturated heterocycles. The molecule has 0 amide bonds. The second kappa shape index (κ2) is 15.3. The molecule has 8 aromatic rings. The molecule has 8 rings (SSSR count). The number of hydrogen-bond donors (Lipinski definition) is 0. The van der Waals surface area contributed by atoms with E-state index >= 15 is 0 Å². The topological polar surface area (TPSA) is 74.2 Å². The molecule has 6 nitrogen and oxygen atoms in total. The minimum atomic E-state index is 0.623. The lowest BCUT2D eigenvalue weighted by atomic mass is 9.94. The summed E-state index contributed by atoms with van der Waals surface area (Å²) < 4.78 is 0. The molecular weight excluding hydrogens is 649 g/mol. The first kappa shape index (κ1) is 33.5. The minimum absolute atomic E-state index is 0.623. The van der Waals surface area contributed by atoms with Crippen molar-refractivity contribution in [2.24, 2.45) is 36.6 Å². The highest BCUT2D eigenvalue weighted by Crippen LogP contribution is 2.39. The number of rotatable bonds is 10. The molecular formula is C47H38N6. The molecule has 0 saturated carbocycles. The van der Waals surface area contributed by atoms with Gasteiger partial charge in [0.2, 0.25) is 0 Å². The zero-order valence-corrected chi connectivity index (χ0v) is 29.8. The first-order chi connectivity index (χ1) is 26.1. The summed E-state index contributed by atoms with van der Waals surface area (Å²) in [6, 6.07) is 55.2. The van der Waals surface area contributed by atoms with E-state index in [1.54, 1.807) is 0 Å². The van der Waals surface area contributed by atoms with Gasteiger partial charge in [0, 0.05) is 26.9 Å². The van der Waals surface area contributed by atoms with Crippen molar-refractivity contribution in [3.63, 3.8) is 0 Å². The highest BCUT2D eigenvalue weighted by atomic mass is 15.1. The van der Waals surface area contributed by atoms with Crippen LogP contribution in [0.3, 0.4) is 0 Å². The lowest BCUT2D eigenvalue weighted by Gasteiger charge is -2.12. The van der Waals surface area contributed by atoms with Crippen LogP contribution in [0.5, 0.6) is 0 Å². The van der Waals surface area contributed by atoms with Gasteiger partial charge in [0.25, 0.3) is 0 Å². The van der Waals surface area contributed by atoms with Gasteiger partial charge >= 0.3 is 0 Å². The van der Waals surface area contributed by atoms with E-state index in [-0.39, 0.29) is 0 Å². The molecule has 0 heterocycles. The summed E-state index contributed by atoms with van der Waals surface area (Å²) in [5.74, 6) is 0.623. The van der Waals surface area contributed by atoms with E-state index in [1.165, 1.54) is 16.5 Å². The monoisotopic (exact) mass is 686 g/mol. The second-order valence-corrected chi connectivity index (χ2v) is 13.3. The van der Waals surface area contributed by atoms with Crippen molar-refractivity contribution in [3.05, 3.63) is 169 Å². The maximum absolute atomic E-state index is 4.77. The van der Waals surface area contributed by atoms with Gasteiger partial charge in [0.05, 0.1) is 34.1 Å². The fraction of sp³-hybridized carbons (Fsp3) is 0.106. The van der Waals surface area contributed by atoms with Gasteiger partial charge in [-0.2, -0.15) is 5.11 Å². The number of fused-ring (bicyclic) bond motifs is 3. The summed E-state index contributed by atoms with van der Waals surface area (Å²) in [6.07, 6.45) is 2.20. The molecule has 6 heteroatoms. The van der Waals surface area contributed by atoms with Gasteiger partial charge in [0.15, 0.2) is 0 Å². The third kappa shape index (κ3) is 7.26. The smallest absolute Gasteiger partial charge is 0.0936 e. The Morgan fingerprint density at radius 2 is 0.717 bits per heavy atom. The third-order valence-corrected chi connectivity index (χ3v) is 9.79. The summed E-state index contributed by atoms with van der Waals surface area (Å²) >= 11 is 0. The lowest BCUT2D eigenvalue weighted by molar-refractivity contribution is 0.562. The van der Waals surface area contributed by atoms with Crippen molar-refractivity contribution < 1.29 is 0 Å². The maximum Gasteiger partial charge on any atom is 0.0936 e. The number of benzene rings is 8. The molecule has 0 aliphatic heterocycles. The number of azo groups is 3. The van der Waals surface area contributed by atoms with Gasteiger partial charge in [-0.3, -0.25) is 0 Å². The van der Waals surface area contributed by atoms with Crippen molar-refractivity contribution in [2.45, 2.75) is 26.7 Å². The molecule has 53 heavy (non-hydrogen) atoms. The normalized spacial score (nSPS) is 12.6. The Hall–Kier alpha value is -6.66. The van der Waals surface area contributed by atoms with E-state index in [0.29, 0.717) is 5.92 Å². The third-order valence-electron chi connectivity index (χ3n) is 9.79. The molecule has 0 aliphatic rings. The van der Waals surface area contributed by atoms with Crippen LogP contribution >= 0.6 is 0 Å². The van der Waals surface area contributed by atoms with Crippen molar-refractivity contribution in [2.75, 3.05) is 0 Å². The van der Waals surface area contributed by atoms with Crippen molar-refractivity contribution in [3.8, 4) is 11.1 Å². The predicted molar refractivity (Wildman–Crippen MR) is 219 cm³/mol. The Balaban J connectivity index is 1.06. The predicted octanol–water partition coefficient (Wildman–Crippen LogP) is 15.6. The second-order valence-electron chi connectivity index (χ2n) is 13.3. The molecule has 1 unspecified atom stereocenters. The summed E-state index contributed by atoms with van der Waals surface area (Å²) in [6.45, 7) is 4.55. The maximum atomic E-state index is 4.77. The molecule has 256 valence electrons. The van der Waals surface area contributed by atoms with Gasteiger partial charge in [-0.1, -0.05) is 142 Å². The average molecular weight is 687 g/mol. The fourth-order valence-corrected chi connectivity index (χ4v) is 6.69. The van der Waals surface area contributed by atoms with E-state index in [0.717, 1.165) is 79.5 Å². The Labute approximate surface area is 309 Å². The Bertz CT molecular complexity index is 2640. The van der Waals surface area contributed by atoms with Crippen molar-refractivity contribution >= 4 is 66.4 Å². The highest BCUT2D eigenvalue weighted by Gasteiger charge is 2.11. The van der Waals surface area contributed by atoms with Crippen LogP contribution in [-0.2, 0) is 6.42 Å². The van der Waals surface area contributed by atoms with Gasteiger partial charge in [-0.25, -0.2) is 0 Å². The molecule has 8 aromatic carbocycles. The van der Waals surface area contributed by atoms with E-state index in [2.05, 4.69) is 96.9 Å². The molecule has 0 fully saturated rings. The standard InChI is InChI=1S/C47H38N6/c1-3-32(2)31-35-23-26-43(38-16-8-7-15-37(35)38)50-51-46-29-30-47(42-20-12-11-19-41(42)46)53-52-45-28-27-44(39-17-9-10-18-40(39)45)49-48-36-24-21-34(22-25-36)33-13-5-4-6-14-33/h4-30,32H,3,31H2,1-2H3. The van der Waals surface area contributed by atoms with E-state index in [9.17, 15) is 0 Å². The molecule has 0 radical (unpaired) electrons. The SMILES string of the molecule is CCC(C)Cc1ccc(N=Nc2ccc(N=Nc3ccc(N=Nc4ccc(-c5ccccc5)cc4)c4ccccc34)c3ccccc23)c2ccccc12. The average Bonchev–Trinajstić information content (AvgIpc) is 3.22. The largest absolute Gasteiger partial charge is 0.151 e. The molecule has 0 aliphatic carbocycles. The van der Waals surface area contributed by atoms with Crippen molar-refractivity contribution in [1.82, 2.24) is 0 Å². The lowest BCUT2D eigenvalue weighted by Crippen LogP contribution is -1.98. The van der Waals surface area contributed by atoms with Crippen molar-refractivity contribution in [1.29, 1.82) is 0 Å². The molecule has 0 bridgehead atoms. The molecule has 0 spiro atoms. The van der Waals surface area contributed by atoms with Crippen LogP contribution in [0.4, 0.5) is 34.1 Å². The fourth-order valence-electron chi connectivity index (χ4n) is 6.69. The van der Waals surface area contributed by atoms with Crippen LogP contribution in [0, 0.1) is 5.92 Å². The summed E-state index contributed by atoms with van der Waals surface area (Å²) in [4.78, 5) is 0. The van der Waals surface area contributed by atoms with Crippen LogP contribution in [0.2, 0.25) is 0 Å². The zero-order chi connectivity index (χ0) is 36.0. The van der Waals surface area contributed by atoms with E-state index < -0.39 is 0 Å². The highest BCUT2D eigenvalue weighted by molar-refractivity contribution is 6.01. The Morgan fingerprint density at radius 1 is 0.358 bits per heavy atom. The molecule has 0 aromatic heterocycles. The van der Waals surface area contributed by atoms with Gasteiger partial charge in [0.1, 0.15) is 0 Å².